The van der Waals surface area contributed by atoms with Crippen molar-refractivity contribution in [3.8, 4) is 50.5 Å². The third-order valence-electron chi connectivity index (χ3n) is 9.57. The van der Waals surface area contributed by atoms with E-state index in [1.165, 1.54) is 54.9 Å². The summed E-state index contributed by atoms with van der Waals surface area (Å²) in [7, 11) is 0. The minimum Gasteiger partial charge on any atom is -0.292 e. The van der Waals surface area contributed by atoms with E-state index in [0.717, 1.165) is 52.3 Å². The molecule has 0 bridgehead atoms. The summed E-state index contributed by atoms with van der Waals surface area (Å²) in [6, 6.07) is 46.2. The molecular formula is C42H27N3. The molecule has 2 aliphatic rings. The number of allylic oxidation sites excluding steroid dienone is 1. The van der Waals surface area contributed by atoms with E-state index < -0.39 is 0 Å². The Hall–Kier alpha value is -5.80. The second-order valence-electron chi connectivity index (χ2n) is 12.0. The highest BCUT2D eigenvalue weighted by atomic mass is 15.1. The van der Waals surface area contributed by atoms with Gasteiger partial charge in [-0.2, -0.15) is 0 Å². The van der Waals surface area contributed by atoms with Crippen molar-refractivity contribution >= 4 is 38.7 Å². The summed E-state index contributed by atoms with van der Waals surface area (Å²) in [5, 5.41) is 5.08. The summed E-state index contributed by atoms with van der Waals surface area (Å²) in [4.78, 5) is 10.8. The highest BCUT2D eigenvalue weighted by molar-refractivity contribution is 6.31. The second-order valence-corrected chi connectivity index (χ2v) is 12.0. The number of nitrogens with zero attached hydrogens (tertiary/aromatic N) is 3. The first kappa shape index (κ1) is 24.6. The standard InChI is InChI=1S/C42H27N3/c1-3-12-26(13-4-1)29-23-25-36-40-38(29)32-18-8-7-17-30(32)31-19-11-16-27-22-24-35(39(40)37(27)31)45(36)42-41(28-14-5-2-6-15-28)43-33-20-9-10-21-34(33)44-42/h1-8,10-19,21-25H,9,20H2. The molecule has 0 radical (unpaired) electrons. The van der Waals surface area contributed by atoms with Crippen LogP contribution in [-0.2, 0) is 6.42 Å². The van der Waals surface area contributed by atoms with E-state index >= 15 is 0 Å². The minimum atomic E-state index is 0.871. The van der Waals surface area contributed by atoms with Crippen LogP contribution >= 0.6 is 0 Å². The predicted molar refractivity (Wildman–Crippen MR) is 187 cm³/mol. The van der Waals surface area contributed by atoms with Crippen molar-refractivity contribution in [1.82, 2.24) is 14.5 Å². The zero-order valence-corrected chi connectivity index (χ0v) is 24.5. The molecule has 2 heterocycles. The average Bonchev–Trinajstić information content (AvgIpc) is 3.39. The molecule has 0 saturated carbocycles. The number of aromatic nitrogens is 3. The second kappa shape index (κ2) is 9.35. The third kappa shape index (κ3) is 3.46. The van der Waals surface area contributed by atoms with Gasteiger partial charge in [-0.3, -0.25) is 4.57 Å². The molecule has 6 aromatic carbocycles. The van der Waals surface area contributed by atoms with Crippen LogP contribution < -0.4 is 0 Å². The molecule has 0 amide bonds. The molecule has 2 aromatic heterocycles. The fourth-order valence-corrected chi connectivity index (χ4v) is 7.65. The Morgan fingerprint density at radius 1 is 0.511 bits per heavy atom. The Morgan fingerprint density at radius 3 is 2.07 bits per heavy atom. The Kier molecular flexibility index (Phi) is 5.11. The van der Waals surface area contributed by atoms with Crippen molar-refractivity contribution in [1.29, 1.82) is 0 Å². The number of aryl methyl sites for hydroxylation is 1. The number of benzene rings is 6. The molecule has 10 rings (SSSR count). The molecule has 3 nitrogen and oxygen atoms in total. The molecule has 2 aliphatic carbocycles. The molecule has 0 atom stereocenters. The molecule has 0 N–H and O–H groups in total. The van der Waals surface area contributed by atoms with Gasteiger partial charge in [-0.05, 0) is 69.6 Å². The Bertz CT molecular complexity index is 2520. The van der Waals surface area contributed by atoms with Gasteiger partial charge in [-0.25, -0.2) is 9.97 Å². The fraction of sp³-hybridized carbons (Fsp3) is 0.0476. The average molecular weight is 574 g/mol. The van der Waals surface area contributed by atoms with Gasteiger partial charge in [0.15, 0.2) is 5.82 Å². The maximum absolute atomic E-state index is 5.42. The van der Waals surface area contributed by atoms with E-state index in [1.807, 2.05) is 0 Å². The zero-order valence-electron chi connectivity index (χ0n) is 24.5. The number of hydrogen-bond donors (Lipinski definition) is 0. The van der Waals surface area contributed by atoms with Crippen molar-refractivity contribution < 1.29 is 0 Å². The SMILES string of the molecule is C1=Cc2nc(-n3c4ccc(-c5ccccc5)c5c4c4c6c(cccc6ccc43)-c3ccccc3-5)c(-c3ccccc3)nc2CC1. The monoisotopic (exact) mass is 573 g/mol. The summed E-state index contributed by atoms with van der Waals surface area (Å²) in [6.07, 6.45) is 6.25. The first-order valence-corrected chi connectivity index (χ1v) is 15.7. The van der Waals surface area contributed by atoms with Crippen molar-refractivity contribution in [2.75, 3.05) is 0 Å². The highest BCUT2D eigenvalue weighted by Crippen LogP contribution is 2.52. The van der Waals surface area contributed by atoms with Gasteiger partial charge in [0, 0.05) is 21.9 Å². The topological polar surface area (TPSA) is 30.7 Å². The van der Waals surface area contributed by atoms with E-state index in [0.29, 0.717) is 0 Å². The number of rotatable bonds is 3. The molecule has 3 heteroatoms. The third-order valence-corrected chi connectivity index (χ3v) is 9.57. The molecule has 0 aliphatic heterocycles. The summed E-state index contributed by atoms with van der Waals surface area (Å²) in [5.41, 5.74) is 13.8. The lowest BCUT2D eigenvalue weighted by Gasteiger charge is -2.19. The highest BCUT2D eigenvalue weighted by Gasteiger charge is 2.28. The fourth-order valence-electron chi connectivity index (χ4n) is 7.65. The molecule has 0 unspecified atom stereocenters. The van der Waals surface area contributed by atoms with Crippen LogP contribution in [0.15, 0.2) is 133 Å². The van der Waals surface area contributed by atoms with Crippen LogP contribution in [0.25, 0.3) is 89.1 Å². The van der Waals surface area contributed by atoms with Crippen LogP contribution in [0.4, 0.5) is 0 Å². The Morgan fingerprint density at radius 2 is 1.22 bits per heavy atom. The summed E-state index contributed by atoms with van der Waals surface area (Å²) < 4.78 is 2.38. The van der Waals surface area contributed by atoms with Gasteiger partial charge in [0.2, 0.25) is 0 Å². The van der Waals surface area contributed by atoms with Gasteiger partial charge in [0.05, 0.1) is 22.4 Å². The Balaban J connectivity index is 1.44. The molecule has 45 heavy (non-hydrogen) atoms. The van der Waals surface area contributed by atoms with Crippen molar-refractivity contribution in [3.63, 3.8) is 0 Å². The number of fused-ring (bicyclic) bond motifs is 4. The van der Waals surface area contributed by atoms with E-state index in [-0.39, 0.29) is 0 Å². The Labute approximate surface area is 260 Å². The molecule has 0 spiro atoms. The lowest BCUT2D eigenvalue weighted by Crippen LogP contribution is -2.09. The zero-order chi connectivity index (χ0) is 29.5. The number of hydrogen-bond acceptors (Lipinski definition) is 2. The predicted octanol–water partition coefficient (Wildman–Crippen LogP) is 10.7. The van der Waals surface area contributed by atoms with E-state index in [4.69, 9.17) is 9.97 Å². The van der Waals surface area contributed by atoms with Crippen LogP contribution in [0.3, 0.4) is 0 Å². The van der Waals surface area contributed by atoms with Crippen LogP contribution in [0.2, 0.25) is 0 Å². The summed E-state index contributed by atoms with van der Waals surface area (Å²) in [5.74, 6) is 0.871. The van der Waals surface area contributed by atoms with Crippen LogP contribution in [-0.4, -0.2) is 14.5 Å². The quantitative estimate of drug-likeness (QED) is 0.210. The molecule has 0 saturated heterocycles. The molecule has 210 valence electrons. The van der Waals surface area contributed by atoms with E-state index in [9.17, 15) is 0 Å². The maximum Gasteiger partial charge on any atom is 0.165 e. The van der Waals surface area contributed by atoms with Gasteiger partial charge in [-0.1, -0.05) is 121 Å². The van der Waals surface area contributed by atoms with E-state index in [1.54, 1.807) is 0 Å². The van der Waals surface area contributed by atoms with Crippen LogP contribution in [0.5, 0.6) is 0 Å². The van der Waals surface area contributed by atoms with Crippen molar-refractivity contribution in [3.05, 3.63) is 145 Å². The van der Waals surface area contributed by atoms with Crippen LogP contribution in [0, 0.1) is 0 Å². The lowest BCUT2D eigenvalue weighted by molar-refractivity contribution is 0.890. The van der Waals surface area contributed by atoms with Gasteiger partial charge in [-0.15, -0.1) is 0 Å². The van der Waals surface area contributed by atoms with Gasteiger partial charge < -0.3 is 0 Å². The van der Waals surface area contributed by atoms with Gasteiger partial charge in [0.25, 0.3) is 0 Å². The van der Waals surface area contributed by atoms with Crippen molar-refractivity contribution in [2.24, 2.45) is 0 Å². The first-order chi connectivity index (χ1) is 22.3. The van der Waals surface area contributed by atoms with Gasteiger partial charge >= 0.3 is 0 Å². The normalized spacial score (nSPS) is 13.1. The largest absolute Gasteiger partial charge is 0.292 e. The van der Waals surface area contributed by atoms with Crippen molar-refractivity contribution in [2.45, 2.75) is 12.8 Å². The molecule has 0 fully saturated rings. The first-order valence-electron chi connectivity index (χ1n) is 15.7. The smallest absolute Gasteiger partial charge is 0.165 e. The molecular weight excluding hydrogens is 546 g/mol. The van der Waals surface area contributed by atoms with E-state index in [2.05, 4.69) is 144 Å². The summed E-state index contributed by atoms with van der Waals surface area (Å²) in [6.45, 7) is 0. The maximum atomic E-state index is 5.42. The van der Waals surface area contributed by atoms with Gasteiger partial charge in [0.1, 0.15) is 5.69 Å². The summed E-state index contributed by atoms with van der Waals surface area (Å²) >= 11 is 0. The van der Waals surface area contributed by atoms with Crippen LogP contribution in [0.1, 0.15) is 17.8 Å². The lowest BCUT2D eigenvalue weighted by atomic mass is 9.88. The minimum absolute atomic E-state index is 0.871. The molecule has 8 aromatic rings.